The zero-order valence-electron chi connectivity index (χ0n) is 13.5. The average Bonchev–Trinajstić information content (AvgIpc) is 2.95. The van der Waals surface area contributed by atoms with Crippen LogP contribution < -0.4 is 10.6 Å². The summed E-state index contributed by atoms with van der Waals surface area (Å²) >= 11 is 0. The number of nitrogens with one attached hydrogen (secondary N) is 2. The maximum Gasteiger partial charge on any atom is 0.191 e. The molecule has 0 radical (unpaired) electrons. The summed E-state index contributed by atoms with van der Waals surface area (Å²) in [5.41, 5.74) is 0.986. The van der Waals surface area contributed by atoms with Crippen molar-refractivity contribution in [2.45, 2.75) is 65.5 Å². The molecule has 1 aliphatic rings. The number of aliphatic imine (C=N–C) groups is 1. The van der Waals surface area contributed by atoms with Crippen LogP contribution in [0.25, 0.3) is 0 Å². The highest BCUT2D eigenvalue weighted by molar-refractivity contribution is 5.80. The molecule has 1 aliphatic carbocycles. The van der Waals surface area contributed by atoms with Gasteiger partial charge < -0.3 is 15.2 Å². The molecular formula is C16H28N4O. The van der Waals surface area contributed by atoms with E-state index in [1.165, 1.54) is 25.7 Å². The lowest BCUT2D eigenvalue weighted by Crippen LogP contribution is -2.44. The Labute approximate surface area is 127 Å². The summed E-state index contributed by atoms with van der Waals surface area (Å²) in [7, 11) is 0. The summed E-state index contributed by atoms with van der Waals surface area (Å²) in [6, 6.07) is 2.52. The van der Waals surface area contributed by atoms with Crippen molar-refractivity contribution in [2.24, 2.45) is 10.9 Å². The van der Waals surface area contributed by atoms with E-state index in [9.17, 15) is 0 Å². The first kappa shape index (κ1) is 15.9. The van der Waals surface area contributed by atoms with Crippen LogP contribution in [0.3, 0.4) is 0 Å². The molecule has 0 unspecified atom stereocenters. The van der Waals surface area contributed by atoms with Gasteiger partial charge in [-0.1, -0.05) is 19.0 Å². The normalized spacial score (nSPS) is 23.1. The molecule has 1 heterocycles. The first-order chi connectivity index (χ1) is 10.2. The van der Waals surface area contributed by atoms with Crippen molar-refractivity contribution in [1.29, 1.82) is 0 Å². The van der Waals surface area contributed by atoms with E-state index in [1.807, 2.05) is 6.07 Å². The number of hydrogen-bond acceptors (Lipinski definition) is 3. The lowest BCUT2D eigenvalue weighted by Gasteiger charge is -2.28. The Kier molecular flexibility index (Phi) is 6.08. The van der Waals surface area contributed by atoms with Crippen molar-refractivity contribution in [1.82, 2.24) is 15.8 Å². The second kappa shape index (κ2) is 8.05. The zero-order chi connectivity index (χ0) is 15.1. The van der Waals surface area contributed by atoms with Crippen molar-refractivity contribution in [3.05, 3.63) is 17.5 Å². The third-order valence-electron chi connectivity index (χ3n) is 4.06. The van der Waals surface area contributed by atoms with Crippen LogP contribution >= 0.6 is 0 Å². The Morgan fingerprint density at radius 3 is 2.71 bits per heavy atom. The standard InChI is InChI=1S/C16H28N4O/c1-4-13-10-15(21-20-13)11-18-16(17-5-2)19-14-8-6-12(3)7-9-14/h10,12,14H,4-9,11H2,1-3H3,(H2,17,18,19). The molecule has 1 aromatic rings. The van der Waals surface area contributed by atoms with E-state index >= 15 is 0 Å². The molecule has 1 aromatic heterocycles. The van der Waals surface area contributed by atoms with Crippen molar-refractivity contribution >= 4 is 5.96 Å². The van der Waals surface area contributed by atoms with E-state index in [0.29, 0.717) is 12.6 Å². The van der Waals surface area contributed by atoms with Gasteiger partial charge >= 0.3 is 0 Å². The van der Waals surface area contributed by atoms with Gasteiger partial charge in [0, 0.05) is 18.7 Å². The second-order valence-electron chi connectivity index (χ2n) is 5.93. The molecule has 0 saturated heterocycles. The van der Waals surface area contributed by atoms with Gasteiger partial charge in [0.2, 0.25) is 0 Å². The van der Waals surface area contributed by atoms with Gasteiger partial charge in [0.05, 0.1) is 5.69 Å². The second-order valence-corrected chi connectivity index (χ2v) is 5.93. The summed E-state index contributed by atoms with van der Waals surface area (Å²) in [6.07, 6.45) is 5.96. The van der Waals surface area contributed by atoms with Crippen LogP contribution in [0.5, 0.6) is 0 Å². The number of nitrogens with zero attached hydrogens (tertiary/aromatic N) is 2. The number of hydrogen-bond donors (Lipinski definition) is 2. The minimum atomic E-state index is 0.533. The Morgan fingerprint density at radius 1 is 1.33 bits per heavy atom. The smallest absolute Gasteiger partial charge is 0.191 e. The Balaban J connectivity index is 1.89. The van der Waals surface area contributed by atoms with Crippen molar-refractivity contribution in [3.63, 3.8) is 0 Å². The molecular weight excluding hydrogens is 264 g/mol. The van der Waals surface area contributed by atoms with Crippen LogP contribution in [-0.4, -0.2) is 23.7 Å². The molecule has 0 amide bonds. The molecule has 0 aromatic carbocycles. The summed E-state index contributed by atoms with van der Waals surface area (Å²) in [4.78, 5) is 4.61. The largest absolute Gasteiger partial charge is 0.359 e. The van der Waals surface area contributed by atoms with Crippen molar-refractivity contribution < 1.29 is 4.52 Å². The fourth-order valence-corrected chi connectivity index (χ4v) is 2.67. The van der Waals surface area contributed by atoms with Crippen LogP contribution in [0.1, 0.15) is 57.9 Å². The molecule has 2 N–H and O–H groups in total. The quantitative estimate of drug-likeness (QED) is 0.647. The van der Waals surface area contributed by atoms with E-state index in [4.69, 9.17) is 4.52 Å². The fraction of sp³-hybridized carbons (Fsp3) is 0.750. The number of guanidine groups is 1. The molecule has 1 saturated carbocycles. The Hall–Kier alpha value is -1.52. The molecule has 5 nitrogen and oxygen atoms in total. The minimum absolute atomic E-state index is 0.533. The van der Waals surface area contributed by atoms with Crippen molar-refractivity contribution in [3.8, 4) is 0 Å². The van der Waals surface area contributed by atoms with E-state index in [-0.39, 0.29) is 0 Å². The predicted molar refractivity (Wildman–Crippen MR) is 85.3 cm³/mol. The van der Waals surface area contributed by atoms with Crippen LogP contribution in [0.4, 0.5) is 0 Å². The maximum atomic E-state index is 5.28. The van der Waals surface area contributed by atoms with E-state index < -0.39 is 0 Å². The summed E-state index contributed by atoms with van der Waals surface area (Å²) < 4.78 is 5.28. The lowest BCUT2D eigenvalue weighted by atomic mass is 9.87. The first-order valence-electron chi connectivity index (χ1n) is 8.20. The van der Waals surface area contributed by atoms with Gasteiger partial charge in [0.1, 0.15) is 6.54 Å². The average molecular weight is 292 g/mol. The van der Waals surface area contributed by atoms with Gasteiger partial charge in [-0.15, -0.1) is 0 Å². The molecule has 1 fully saturated rings. The predicted octanol–water partition coefficient (Wildman–Crippen LogP) is 2.87. The fourth-order valence-electron chi connectivity index (χ4n) is 2.67. The van der Waals surface area contributed by atoms with Gasteiger partial charge in [-0.25, -0.2) is 4.99 Å². The van der Waals surface area contributed by atoms with Crippen LogP contribution in [0.15, 0.2) is 15.6 Å². The van der Waals surface area contributed by atoms with E-state index in [0.717, 1.165) is 36.3 Å². The van der Waals surface area contributed by atoms with Gasteiger partial charge in [-0.2, -0.15) is 0 Å². The molecule has 0 aliphatic heterocycles. The lowest BCUT2D eigenvalue weighted by molar-refractivity contribution is 0.329. The molecule has 118 valence electrons. The highest BCUT2D eigenvalue weighted by Crippen LogP contribution is 2.23. The van der Waals surface area contributed by atoms with Crippen molar-refractivity contribution in [2.75, 3.05) is 6.54 Å². The first-order valence-corrected chi connectivity index (χ1v) is 8.20. The van der Waals surface area contributed by atoms with Crippen LogP contribution in [0, 0.1) is 5.92 Å². The van der Waals surface area contributed by atoms with Gasteiger partial charge in [-0.05, 0) is 44.9 Å². The molecule has 5 heteroatoms. The molecule has 0 atom stereocenters. The maximum absolute atomic E-state index is 5.28. The summed E-state index contributed by atoms with van der Waals surface area (Å²) in [5, 5.41) is 10.9. The Morgan fingerprint density at radius 2 is 2.10 bits per heavy atom. The molecule has 2 rings (SSSR count). The third-order valence-corrected chi connectivity index (χ3v) is 4.06. The topological polar surface area (TPSA) is 62.5 Å². The Bertz CT molecular complexity index is 447. The van der Waals surface area contributed by atoms with Gasteiger partial charge in [0.15, 0.2) is 11.7 Å². The van der Waals surface area contributed by atoms with E-state index in [1.54, 1.807) is 0 Å². The van der Waals surface area contributed by atoms with Gasteiger partial charge in [0.25, 0.3) is 0 Å². The molecule has 21 heavy (non-hydrogen) atoms. The number of aromatic nitrogens is 1. The SMILES string of the molecule is CCNC(=NCc1cc(CC)no1)NC1CCC(C)CC1. The number of aryl methyl sites for hydroxylation is 1. The molecule has 0 bridgehead atoms. The highest BCUT2D eigenvalue weighted by atomic mass is 16.5. The summed E-state index contributed by atoms with van der Waals surface area (Å²) in [5.74, 6) is 2.57. The van der Waals surface area contributed by atoms with Crippen LogP contribution in [-0.2, 0) is 13.0 Å². The third kappa shape index (κ3) is 5.06. The van der Waals surface area contributed by atoms with Crippen LogP contribution in [0.2, 0.25) is 0 Å². The monoisotopic (exact) mass is 292 g/mol. The highest BCUT2D eigenvalue weighted by Gasteiger charge is 2.18. The number of rotatable bonds is 5. The van der Waals surface area contributed by atoms with Gasteiger partial charge in [-0.3, -0.25) is 0 Å². The zero-order valence-corrected chi connectivity index (χ0v) is 13.5. The van der Waals surface area contributed by atoms with E-state index in [2.05, 4.69) is 41.6 Å². The summed E-state index contributed by atoms with van der Waals surface area (Å²) in [6.45, 7) is 7.89. The minimum Gasteiger partial charge on any atom is -0.359 e. The molecule has 0 spiro atoms.